The Labute approximate surface area is 66.9 Å². The molecule has 3 heteroatoms. The van der Waals surface area contributed by atoms with Crippen LogP contribution >= 0.6 is 12.2 Å². The number of hydrogen-bond donors (Lipinski definition) is 1. The van der Waals surface area contributed by atoms with Gasteiger partial charge in [-0.2, -0.15) is 0 Å². The van der Waals surface area contributed by atoms with E-state index in [1.54, 1.807) is 6.20 Å². The van der Waals surface area contributed by atoms with E-state index in [2.05, 4.69) is 16.8 Å². The number of thiocarbonyl (C=S) groups is 1. The van der Waals surface area contributed by atoms with Crippen LogP contribution in [0.25, 0.3) is 0 Å². The Bertz CT molecular complexity index is 139. The molecule has 1 N–H and O–H groups in total. The first-order valence-electron chi connectivity index (χ1n) is 3.51. The lowest BCUT2D eigenvalue weighted by Crippen LogP contribution is -2.34. The quantitative estimate of drug-likeness (QED) is 0.572. The van der Waals surface area contributed by atoms with Crippen LogP contribution in [0.2, 0.25) is 0 Å². The average molecular weight is 156 g/mol. The van der Waals surface area contributed by atoms with Crippen molar-refractivity contribution in [3.63, 3.8) is 0 Å². The third kappa shape index (κ3) is 1.70. The van der Waals surface area contributed by atoms with Crippen molar-refractivity contribution in [3.8, 4) is 0 Å². The molecular weight excluding hydrogens is 144 g/mol. The molecule has 1 fully saturated rings. The largest absolute Gasteiger partial charge is 0.349 e. The molecule has 1 heterocycles. The SMILES string of the molecule is C=CNC(=S)N1CCCC1. The highest BCUT2D eigenvalue weighted by atomic mass is 32.1. The zero-order valence-electron chi connectivity index (χ0n) is 5.97. The monoisotopic (exact) mass is 156 g/mol. The minimum absolute atomic E-state index is 0.812. The molecule has 56 valence electrons. The normalized spacial score (nSPS) is 17.0. The highest BCUT2D eigenvalue weighted by molar-refractivity contribution is 7.80. The van der Waals surface area contributed by atoms with Gasteiger partial charge in [-0.1, -0.05) is 6.58 Å². The summed E-state index contributed by atoms with van der Waals surface area (Å²) >= 11 is 5.06. The van der Waals surface area contributed by atoms with Crippen LogP contribution in [0.1, 0.15) is 12.8 Å². The van der Waals surface area contributed by atoms with Gasteiger partial charge < -0.3 is 10.2 Å². The zero-order valence-corrected chi connectivity index (χ0v) is 6.78. The number of nitrogens with zero attached hydrogens (tertiary/aromatic N) is 1. The van der Waals surface area contributed by atoms with Gasteiger partial charge in [-0.25, -0.2) is 0 Å². The van der Waals surface area contributed by atoms with E-state index < -0.39 is 0 Å². The van der Waals surface area contributed by atoms with Crippen molar-refractivity contribution in [3.05, 3.63) is 12.8 Å². The molecule has 0 saturated carbocycles. The molecule has 10 heavy (non-hydrogen) atoms. The molecule has 1 rings (SSSR count). The summed E-state index contributed by atoms with van der Waals surface area (Å²) in [5, 5.41) is 3.72. The third-order valence-corrected chi connectivity index (χ3v) is 1.99. The van der Waals surface area contributed by atoms with Crippen LogP contribution in [0.15, 0.2) is 12.8 Å². The first-order chi connectivity index (χ1) is 4.84. The van der Waals surface area contributed by atoms with E-state index in [1.807, 2.05) is 0 Å². The van der Waals surface area contributed by atoms with E-state index in [0.29, 0.717) is 0 Å². The van der Waals surface area contributed by atoms with Gasteiger partial charge in [0, 0.05) is 13.1 Å². The second kappa shape index (κ2) is 3.56. The van der Waals surface area contributed by atoms with Crippen molar-refractivity contribution in [2.75, 3.05) is 13.1 Å². The van der Waals surface area contributed by atoms with Gasteiger partial charge in [-0.3, -0.25) is 0 Å². The lowest BCUT2D eigenvalue weighted by atomic mass is 10.4. The van der Waals surface area contributed by atoms with Crippen molar-refractivity contribution >= 4 is 17.3 Å². The molecule has 0 aromatic carbocycles. The minimum Gasteiger partial charge on any atom is -0.349 e. The Morgan fingerprint density at radius 3 is 2.60 bits per heavy atom. The molecular formula is C7H12N2S. The van der Waals surface area contributed by atoms with Gasteiger partial charge in [-0.15, -0.1) is 0 Å². The van der Waals surface area contributed by atoms with E-state index in [-0.39, 0.29) is 0 Å². The molecule has 0 amide bonds. The van der Waals surface area contributed by atoms with Crippen LogP contribution in [0.5, 0.6) is 0 Å². The number of hydrogen-bond acceptors (Lipinski definition) is 1. The first-order valence-corrected chi connectivity index (χ1v) is 3.92. The lowest BCUT2D eigenvalue weighted by Gasteiger charge is -2.17. The molecule has 1 saturated heterocycles. The van der Waals surface area contributed by atoms with Crippen LogP contribution < -0.4 is 5.32 Å². The molecule has 2 nitrogen and oxygen atoms in total. The Hall–Kier alpha value is -0.570. The summed E-state index contributed by atoms with van der Waals surface area (Å²) in [4.78, 5) is 2.16. The topological polar surface area (TPSA) is 15.3 Å². The van der Waals surface area contributed by atoms with Gasteiger partial charge in [0.25, 0.3) is 0 Å². The van der Waals surface area contributed by atoms with E-state index in [1.165, 1.54) is 12.8 Å². The predicted octanol–water partition coefficient (Wildman–Crippen LogP) is 1.10. The van der Waals surface area contributed by atoms with E-state index in [0.717, 1.165) is 18.2 Å². The van der Waals surface area contributed by atoms with Gasteiger partial charge in [0.05, 0.1) is 0 Å². The predicted molar refractivity (Wildman–Crippen MR) is 46.7 cm³/mol. The smallest absolute Gasteiger partial charge is 0.172 e. The zero-order chi connectivity index (χ0) is 7.40. The summed E-state index contributed by atoms with van der Waals surface area (Å²) in [5.41, 5.74) is 0. The second-order valence-electron chi connectivity index (χ2n) is 2.35. The minimum atomic E-state index is 0.812. The lowest BCUT2D eigenvalue weighted by molar-refractivity contribution is 0.516. The first kappa shape index (κ1) is 7.54. The number of rotatable bonds is 1. The standard InChI is InChI=1S/C7H12N2S/c1-2-8-7(10)9-5-3-4-6-9/h2H,1,3-6H2,(H,8,10). The molecule has 1 aliphatic heterocycles. The summed E-state index contributed by atoms with van der Waals surface area (Å²) in [6, 6.07) is 0. The van der Waals surface area contributed by atoms with Gasteiger partial charge in [-0.05, 0) is 31.3 Å². The fourth-order valence-electron chi connectivity index (χ4n) is 1.10. The summed E-state index contributed by atoms with van der Waals surface area (Å²) in [6.45, 7) is 5.74. The average Bonchev–Trinajstić information content (AvgIpc) is 2.38. The molecule has 0 aromatic rings. The van der Waals surface area contributed by atoms with Crippen LogP contribution in [-0.4, -0.2) is 23.1 Å². The summed E-state index contributed by atoms with van der Waals surface area (Å²) in [6.07, 6.45) is 4.15. The highest BCUT2D eigenvalue weighted by Crippen LogP contribution is 2.06. The van der Waals surface area contributed by atoms with Crippen molar-refractivity contribution in [1.82, 2.24) is 10.2 Å². The van der Waals surface area contributed by atoms with Gasteiger partial charge in [0.2, 0.25) is 0 Å². The van der Waals surface area contributed by atoms with Crippen LogP contribution in [0.3, 0.4) is 0 Å². The van der Waals surface area contributed by atoms with Gasteiger partial charge >= 0.3 is 0 Å². The third-order valence-electron chi connectivity index (χ3n) is 1.62. The van der Waals surface area contributed by atoms with E-state index in [9.17, 15) is 0 Å². The summed E-state index contributed by atoms with van der Waals surface area (Å²) in [5.74, 6) is 0. The molecule has 0 spiro atoms. The van der Waals surface area contributed by atoms with Crippen molar-refractivity contribution in [1.29, 1.82) is 0 Å². The fraction of sp³-hybridized carbons (Fsp3) is 0.571. The summed E-state index contributed by atoms with van der Waals surface area (Å²) in [7, 11) is 0. The Morgan fingerprint density at radius 2 is 2.10 bits per heavy atom. The molecule has 0 aromatic heterocycles. The Balaban J connectivity index is 2.32. The van der Waals surface area contributed by atoms with Gasteiger partial charge in [0.1, 0.15) is 0 Å². The Morgan fingerprint density at radius 1 is 1.50 bits per heavy atom. The molecule has 0 radical (unpaired) electrons. The van der Waals surface area contributed by atoms with Crippen LogP contribution in [0.4, 0.5) is 0 Å². The highest BCUT2D eigenvalue weighted by Gasteiger charge is 2.12. The maximum atomic E-state index is 5.06. The van der Waals surface area contributed by atoms with Gasteiger partial charge in [0.15, 0.2) is 5.11 Å². The summed E-state index contributed by atoms with van der Waals surface area (Å²) < 4.78 is 0. The second-order valence-corrected chi connectivity index (χ2v) is 2.73. The molecule has 1 aliphatic rings. The number of nitrogens with one attached hydrogen (secondary N) is 1. The molecule has 0 aliphatic carbocycles. The maximum absolute atomic E-state index is 5.06. The Kier molecular flexibility index (Phi) is 2.68. The van der Waals surface area contributed by atoms with Crippen LogP contribution in [0, 0.1) is 0 Å². The number of likely N-dealkylation sites (tertiary alicyclic amines) is 1. The van der Waals surface area contributed by atoms with Crippen molar-refractivity contribution in [2.24, 2.45) is 0 Å². The molecule has 0 unspecified atom stereocenters. The van der Waals surface area contributed by atoms with E-state index >= 15 is 0 Å². The van der Waals surface area contributed by atoms with Crippen LogP contribution in [-0.2, 0) is 0 Å². The molecule has 0 atom stereocenters. The van der Waals surface area contributed by atoms with Crippen molar-refractivity contribution < 1.29 is 0 Å². The van der Waals surface area contributed by atoms with E-state index in [4.69, 9.17) is 12.2 Å². The fourth-order valence-corrected chi connectivity index (χ4v) is 1.36. The maximum Gasteiger partial charge on any atom is 0.172 e. The van der Waals surface area contributed by atoms with Crippen molar-refractivity contribution in [2.45, 2.75) is 12.8 Å². The molecule has 0 bridgehead atoms.